The number of rotatable bonds is 22. The molecule has 2 saturated heterocycles. The number of nitrogens with one attached hydrogen (secondary N) is 5. The first kappa shape index (κ1) is 47.3. The Morgan fingerprint density at radius 2 is 1.29 bits per heavy atom. The van der Waals surface area contributed by atoms with E-state index in [1.165, 1.54) is 5.01 Å². The fraction of sp³-hybridized carbons (Fsp3) is 0.619. The van der Waals surface area contributed by atoms with Crippen molar-refractivity contribution in [1.29, 1.82) is 0 Å². The number of hydrazine groups is 1. The molecule has 3 unspecified atom stereocenters. The molecule has 2 aromatic rings. The van der Waals surface area contributed by atoms with Crippen LogP contribution in [0.5, 0.6) is 5.75 Å². The molecule has 328 valence electrons. The molecule has 8 N–H and O–H groups in total. The van der Waals surface area contributed by atoms with Gasteiger partial charge < -0.3 is 46.3 Å². The van der Waals surface area contributed by atoms with E-state index in [2.05, 4.69) is 36.5 Å². The van der Waals surface area contributed by atoms with E-state index >= 15 is 0 Å². The smallest absolute Gasteiger partial charge is 0.315 e. The van der Waals surface area contributed by atoms with E-state index in [4.69, 9.17) is 19.9 Å². The topological polar surface area (TPSA) is 212 Å². The summed E-state index contributed by atoms with van der Waals surface area (Å²) in [6.07, 6.45) is -1.42. The Morgan fingerprint density at radius 1 is 0.780 bits per heavy atom. The molecule has 0 radical (unpaired) electrons. The van der Waals surface area contributed by atoms with Gasteiger partial charge in [-0.2, -0.15) is 0 Å². The Kier molecular flexibility index (Phi) is 19.8. The van der Waals surface area contributed by atoms with Crippen molar-refractivity contribution >= 4 is 23.8 Å². The zero-order valence-electron chi connectivity index (χ0n) is 35.4. The van der Waals surface area contributed by atoms with Crippen LogP contribution >= 0.6 is 0 Å². The number of urea groups is 2. The maximum Gasteiger partial charge on any atom is 0.315 e. The number of carbonyl (C=O) groups is 4. The predicted octanol–water partition coefficient (Wildman–Crippen LogP) is 1.09. The number of ketones is 1. The summed E-state index contributed by atoms with van der Waals surface area (Å²) in [6.45, 7) is 15.0. The van der Waals surface area contributed by atoms with Crippen LogP contribution in [0.25, 0.3) is 0 Å². The highest BCUT2D eigenvalue weighted by Gasteiger charge is 2.40. The third kappa shape index (κ3) is 15.6. The number of aliphatic hydroxyl groups is 1. The fourth-order valence-electron chi connectivity index (χ4n) is 7.15. The quantitative estimate of drug-likeness (QED) is 0.0833. The first-order valence-corrected chi connectivity index (χ1v) is 20.8. The molecule has 17 heteroatoms. The molecule has 0 spiro atoms. The number of carbonyl (C=O) groups excluding carboxylic acids is 4. The van der Waals surface area contributed by atoms with Gasteiger partial charge in [-0.1, -0.05) is 70.2 Å². The molecule has 59 heavy (non-hydrogen) atoms. The molecule has 5 atom stereocenters. The normalized spacial score (nSPS) is 17.7. The fourth-order valence-corrected chi connectivity index (χ4v) is 7.15. The highest BCUT2D eigenvalue weighted by atomic mass is 16.5. The van der Waals surface area contributed by atoms with Crippen LogP contribution in [-0.2, 0) is 25.6 Å². The van der Waals surface area contributed by atoms with E-state index in [0.717, 1.165) is 31.7 Å². The number of hydrogen-bond donors (Lipinski definition) is 7. The number of aliphatic hydroxyl groups excluding tert-OH is 1. The molecule has 0 bridgehead atoms. The van der Waals surface area contributed by atoms with Gasteiger partial charge in [0.15, 0.2) is 5.78 Å². The van der Waals surface area contributed by atoms with Crippen LogP contribution in [0.3, 0.4) is 0 Å². The lowest BCUT2D eigenvalue weighted by Gasteiger charge is -2.35. The number of morpholine rings is 2. The molecule has 0 aromatic heterocycles. The zero-order chi connectivity index (χ0) is 42.7. The Hall–Kier alpha value is -4.36. The maximum absolute atomic E-state index is 14.6. The van der Waals surface area contributed by atoms with Crippen LogP contribution in [0, 0.1) is 17.8 Å². The molecule has 2 aliphatic heterocycles. The summed E-state index contributed by atoms with van der Waals surface area (Å²) < 4.78 is 16.1. The molecular weight excluding hydrogens is 759 g/mol. The lowest BCUT2D eigenvalue weighted by molar-refractivity contribution is -0.133. The first-order chi connectivity index (χ1) is 28.4. The van der Waals surface area contributed by atoms with E-state index in [1.54, 1.807) is 43.5 Å². The van der Waals surface area contributed by atoms with Crippen LogP contribution in [0.1, 0.15) is 44.9 Å². The largest absolute Gasteiger partial charge is 0.497 e. The maximum atomic E-state index is 14.6. The third-order valence-electron chi connectivity index (χ3n) is 10.7. The number of methoxy groups -OCH3 is 1. The summed E-state index contributed by atoms with van der Waals surface area (Å²) in [4.78, 5) is 59.3. The van der Waals surface area contributed by atoms with Crippen molar-refractivity contribution in [3.63, 3.8) is 0 Å². The van der Waals surface area contributed by atoms with Crippen LogP contribution in [0.2, 0.25) is 0 Å². The average Bonchev–Trinajstić information content (AvgIpc) is 3.23. The molecule has 2 aliphatic rings. The van der Waals surface area contributed by atoms with E-state index in [9.17, 15) is 24.3 Å². The van der Waals surface area contributed by atoms with Gasteiger partial charge >= 0.3 is 12.1 Å². The second-order valence-corrected chi connectivity index (χ2v) is 15.8. The molecule has 2 heterocycles. The van der Waals surface area contributed by atoms with Gasteiger partial charge in [0, 0.05) is 71.5 Å². The van der Waals surface area contributed by atoms with Crippen molar-refractivity contribution in [1.82, 2.24) is 41.5 Å². The van der Waals surface area contributed by atoms with Crippen molar-refractivity contribution < 1.29 is 38.5 Å². The number of amides is 5. The van der Waals surface area contributed by atoms with Crippen molar-refractivity contribution in [3.8, 4) is 5.75 Å². The SMILES string of the molecule is COc1ccc(CN(CC(O)C(C(=O)[C@@H](NC(=O)NCCN2CCOCC2)C(C)C)C(N)c2ccccc2)NC(=O)[C@@H](NC(=O)NCCN2CCOCC2)C(C)C)cc1. The first-order valence-electron chi connectivity index (χ1n) is 20.8. The number of nitrogens with zero attached hydrogens (tertiary/aromatic N) is 3. The Bertz CT molecular complexity index is 1570. The van der Waals surface area contributed by atoms with Gasteiger partial charge in [0.05, 0.1) is 51.6 Å². The zero-order valence-corrected chi connectivity index (χ0v) is 35.4. The summed E-state index contributed by atoms with van der Waals surface area (Å²) >= 11 is 0. The Balaban J connectivity index is 1.53. The summed E-state index contributed by atoms with van der Waals surface area (Å²) in [6, 6.07) is 12.4. The minimum Gasteiger partial charge on any atom is -0.497 e. The van der Waals surface area contributed by atoms with Crippen molar-refractivity contribution in [3.05, 3.63) is 65.7 Å². The summed E-state index contributed by atoms with van der Waals surface area (Å²) in [5.41, 5.74) is 11.2. The predicted molar refractivity (Wildman–Crippen MR) is 224 cm³/mol. The van der Waals surface area contributed by atoms with E-state index in [1.807, 2.05) is 45.9 Å². The van der Waals surface area contributed by atoms with E-state index in [0.29, 0.717) is 63.9 Å². The van der Waals surface area contributed by atoms with E-state index < -0.39 is 53.9 Å². The molecular formula is C42H67N9O8. The molecule has 0 saturated carbocycles. The second-order valence-electron chi connectivity index (χ2n) is 15.8. The summed E-state index contributed by atoms with van der Waals surface area (Å²) in [5, 5.41) is 25.1. The summed E-state index contributed by atoms with van der Waals surface area (Å²) in [5.74, 6) is -2.16. The lowest BCUT2D eigenvalue weighted by atomic mass is 9.80. The molecule has 17 nitrogen and oxygen atoms in total. The number of ether oxygens (including phenoxy) is 3. The Morgan fingerprint density at radius 3 is 1.78 bits per heavy atom. The van der Waals surface area contributed by atoms with Gasteiger partial charge in [-0.05, 0) is 35.1 Å². The van der Waals surface area contributed by atoms with Crippen LogP contribution in [-0.4, -0.2) is 154 Å². The molecule has 2 fully saturated rings. The van der Waals surface area contributed by atoms with Crippen molar-refractivity contribution in [2.75, 3.05) is 92.4 Å². The van der Waals surface area contributed by atoms with E-state index in [-0.39, 0.29) is 24.9 Å². The molecule has 4 rings (SSSR count). The van der Waals surface area contributed by atoms with Crippen molar-refractivity contribution in [2.45, 2.75) is 58.5 Å². The second kappa shape index (κ2) is 24.7. The number of benzene rings is 2. The van der Waals surface area contributed by atoms with Crippen LogP contribution in [0.4, 0.5) is 9.59 Å². The van der Waals surface area contributed by atoms with Gasteiger partial charge in [-0.25, -0.2) is 14.6 Å². The molecule has 0 aliphatic carbocycles. The summed E-state index contributed by atoms with van der Waals surface area (Å²) in [7, 11) is 1.57. The number of hydrogen-bond acceptors (Lipinski definition) is 12. The average molecular weight is 826 g/mol. The number of Topliss-reactive ketones (excluding diaryl/α,β-unsaturated/α-hetero) is 1. The third-order valence-corrected chi connectivity index (χ3v) is 10.7. The van der Waals surface area contributed by atoms with Gasteiger partial charge in [0.25, 0.3) is 5.91 Å². The highest BCUT2D eigenvalue weighted by Crippen LogP contribution is 2.27. The Labute approximate surface area is 349 Å². The lowest BCUT2D eigenvalue weighted by Crippen LogP contribution is -2.59. The standard InChI is InChI=1S/C42H67N9O8/c1-29(2)37(46-41(55)44-15-17-49-19-23-58-24-20-49)39(53)35(36(43)32-9-7-6-8-10-32)34(52)28-51(27-31-11-13-33(57-5)14-12-31)48-40(54)38(30(3)4)47-42(56)45-16-18-50-21-25-59-26-22-50/h6-14,29-30,34-38,52H,15-28,43H2,1-5H3,(H,48,54)(H2,44,46,55)(H2,45,47,56)/t34?,35?,36?,37-,38-/m0/s1. The minimum atomic E-state index is -1.42. The molecule has 2 aromatic carbocycles. The van der Waals surface area contributed by atoms with Gasteiger partial charge in [-0.15, -0.1) is 0 Å². The van der Waals surface area contributed by atoms with Crippen molar-refractivity contribution in [2.24, 2.45) is 23.5 Å². The number of nitrogens with two attached hydrogens (primary N) is 1. The molecule has 5 amide bonds. The van der Waals surface area contributed by atoms with Gasteiger partial charge in [0.2, 0.25) is 0 Å². The monoisotopic (exact) mass is 826 g/mol. The highest BCUT2D eigenvalue weighted by molar-refractivity contribution is 5.91. The van der Waals surface area contributed by atoms with Crippen LogP contribution < -0.4 is 37.2 Å². The minimum absolute atomic E-state index is 0.127. The van der Waals surface area contributed by atoms with Gasteiger partial charge in [0.1, 0.15) is 11.8 Å². The van der Waals surface area contributed by atoms with Gasteiger partial charge in [-0.3, -0.25) is 24.8 Å². The van der Waals surface area contributed by atoms with Crippen LogP contribution in [0.15, 0.2) is 54.6 Å².